The number of fused-ring (bicyclic) bond motifs is 2. The van der Waals surface area contributed by atoms with Gasteiger partial charge in [-0.25, -0.2) is 0 Å². The normalized spacial score (nSPS) is 36.8. The lowest BCUT2D eigenvalue weighted by molar-refractivity contribution is -0.191. The summed E-state index contributed by atoms with van der Waals surface area (Å²) < 4.78 is 17.1. The van der Waals surface area contributed by atoms with E-state index >= 15 is 0 Å². The first-order valence-corrected chi connectivity index (χ1v) is 8.51. The summed E-state index contributed by atoms with van der Waals surface area (Å²) in [6.07, 6.45) is -1.15. The number of aromatic hydroxyl groups is 1. The molecule has 5 atom stereocenters. The Kier molecular flexibility index (Phi) is 4.71. The van der Waals surface area contributed by atoms with Gasteiger partial charge in [-0.15, -0.1) is 0 Å². The Balaban J connectivity index is 1.47. The van der Waals surface area contributed by atoms with Crippen LogP contribution in [0.5, 0.6) is 5.75 Å². The number of aliphatic hydroxyl groups excluding tert-OH is 1. The van der Waals surface area contributed by atoms with Crippen molar-refractivity contribution in [3.05, 3.63) is 29.8 Å². The summed E-state index contributed by atoms with van der Waals surface area (Å²) in [6.45, 7) is 3.80. The molecule has 3 heterocycles. The highest BCUT2D eigenvalue weighted by Crippen LogP contribution is 2.32. The number of hydrogen-bond acceptors (Lipinski definition) is 7. The maximum Gasteiger partial charge on any atom is 0.176 e. The Hall–Kier alpha value is -1.22. The van der Waals surface area contributed by atoms with E-state index in [2.05, 4.69) is 10.2 Å². The lowest BCUT2D eigenvalue weighted by Crippen LogP contribution is -2.65. The molecule has 3 fully saturated rings. The van der Waals surface area contributed by atoms with Crippen LogP contribution in [0, 0.1) is 0 Å². The van der Waals surface area contributed by atoms with Gasteiger partial charge in [0.2, 0.25) is 0 Å². The van der Waals surface area contributed by atoms with Crippen LogP contribution < -0.4 is 5.32 Å². The van der Waals surface area contributed by atoms with Crippen LogP contribution >= 0.6 is 0 Å². The second kappa shape index (κ2) is 6.95. The van der Waals surface area contributed by atoms with Crippen molar-refractivity contribution in [2.75, 3.05) is 32.9 Å². The van der Waals surface area contributed by atoms with Crippen LogP contribution in [0.4, 0.5) is 0 Å². The minimum Gasteiger partial charge on any atom is -0.508 e. The Morgan fingerprint density at radius 2 is 2.00 bits per heavy atom. The predicted octanol–water partition coefficient (Wildman–Crippen LogP) is -0.333. The van der Waals surface area contributed by atoms with Crippen molar-refractivity contribution in [2.24, 2.45) is 0 Å². The van der Waals surface area contributed by atoms with Gasteiger partial charge in [-0.3, -0.25) is 4.90 Å². The Morgan fingerprint density at radius 3 is 2.79 bits per heavy atom. The lowest BCUT2D eigenvalue weighted by atomic mass is 9.94. The highest BCUT2D eigenvalue weighted by Gasteiger charge is 2.52. The number of nitrogens with zero attached hydrogens (tertiary/aromatic N) is 1. The van der Waals surface area contributed by atoms with Crippen LogP contribution in [-0.2, 0) is 20.8 Å². The van der Waals surface area contributed by atoms with Gasteiger partial charge in [0.05, 0.1) is 38.0 Å². The molecule has 0 radical (unpaired) electrons. The number of phenols is 1. The molecule has 1 aromatic carbocycles. The van der Waals surface area contributed by atoms with Gasteiger partial charge in [-0.1, -0.05) is 18.2 Å². The van der Waals surface area contributed by atoms with E-state index in [1.807, 2.05) is 12.1 Å². The van der Waals surface area contributed by atoms with E-state index in [1.165, 1.54) is 0 Å². The highest BCUT2D eigenvalue weighted by molar-refractivity contribution is 5.31. The summed E-state index contributed by atoms with van der Waals surface area (Å²) in [5.41, 5.74) is 0.800. The third kappa shape index (κ3) is 3.03. The van der Waals surface area contributed by atoms with Crippen molar-refractivity contribution >= 4 is 0 Å². The van der Waals surface area contributed by atoms with Crippen molar-refractivity contribution in [3.8, 4) is 5.75 Å². The minimum absolute atomic E-state index is 0.173. The minimum atomic E-state index is -0.597. The molecule has 7 heteroatoms. The number of para-hydroxylation sites is 1. The van der Waals surface area contributed by atoms with Crippen LogP contribution in [0.25, 0.3) is 0 Å². The molecule has 1 aromatic rings. The number of benzene rings is 1. The van der Waals surface area contributed by atoms with Crippen LogP contribution in [-0.4, -0.2) is 78.6 Å². The first-order valence-electron chi connectivity index (χ1n) is 8.51. The van der Waals surface area contributed by atoms with Crippen molar-refractivity contribution in [1.29, 1.82) is 0 Å². The molecule has 0 aliphatic carbocycles. The Labute approximate surface area is 141 Å². The van der Waals surface area contributed by atoms with Crippen molar-refractivity contribution < 1.29 is 24.4 Å². The molecule has 0 spiro atoms. The number of ether oxygens (including phenoxy) is 3. The van der Waals surface area contributed by atoms with Gasteiger partial charge in [0, 0.05) is 25.2 Å². The summed E-state index contributed by atoms with van der Waals surface area (Å²) in [5, 5.41) is 24.2. The fourth-order valence-corrected chi connectivity index (χ4v) is 3.81. The van der Waals surface area contributed by atoms with Gasteiger partial charge in [0.15, 0.2) is 6.29 Å². The van der Waals surface area contributed by atoms with E-state index in [0.717, 1.165) is 18.7 Å². The van der Waals surface area contributed by atoms with Crippen LogP contribution in [0.1, 0.15) is 5.56 Å². The molecule has 3 aliphatic rings. The van der Waals surface area contributed by atoms with Crippen molar-refractivity contribution in [3.63, 3.8) is 0 Å². The topological polar surface area (TPSA) is 83.4 Å². The average Bonchev–Trinajstić information content (AvgIpc) is 3.02. The van der Waals surface area contributed by atoms with Crippen molar-refractivity contribution in [1.82, 2.24) is 10.2 Å². The Morgan fingerprint density at radius 1 is 1.21 bits per heavy atom. The molecule has 0 unspecified atom stereocenters. The number of hydrogen-bond donors (Lipinski definition) is 3. The van der Waals surface area contributed by atoms with E-state index in [0.29, 0.717) is 26.4 Å². The van der Waals surface area contributed by atoms with E-state index in [9.17, 15) is 10.2 Å². The lowest BCUT2D eigenvalue weighted by Gasteiger charge is -2.45. The summed E-state index contributed by atoms with van der Waals surface area (Å²) in [7, 11) is 0. The maximum absolute atomic E-state index is 10.9. The molecule has 0 aromatic heterocycles. The van der Waals surface area contributed by atoms with Gasteiger partial charge in [-0.2, -0.15) is 0 Å². The second-order valence-electron chi connectivity index (χ2n) is 6.54. The molecule has 0 amide bonds. The molecule has 3 N–H and O–H groups in total. The number of rotatable bonds is 4. The number of nitrogens with one attached hydrogen (secondary N) is 1. The largest absolute Gasteiger partial charge is 0.508 e. The van der Waals surface area contributed by atoms with Gasteiger partial charge in [0.25, 0.3) is 0 Å². The third-order valence-electron chi connectivity index (χ3n) is 5.12. The highest BCUT2D eigenvalue weighted by atomic mass is 16.7. The number of phenolic OH excluding ortho intramolecular Hbond substituents is 1. The summed E-state index contributed by atoms with van der Waals surface area (Å²) >= 11 is 0. The predicted molar refractivity (Wildman–Crippen MR) is 85.5 cm³/mol. The zero-order valence-electron chi connectivity index (χ0n) is 13.5. The first kappa shape index (κ1) is 16.3. The number of aliphatic hydroxyl groups is 1. The van der Waals surface area contributed by atoms with Crippen LogP contribution in [0.2, 0.25) is 0 Å². The van der Waals surface area contributed by atoms with Crippen LogP contribution in [0.3, 0.4) is 0 Å². The van der Waals surface area contributed by atoms with Gasteiger partial charge in [-0.05, 0) is 6.07 Å². The molecule has 3 saturated heterocycles. The van der Waals surface area contributed by atoms with E-state index in [4.69, 9.17) is 14.2 Å². The van der Waals surface area contributed by atoms with Crippen LogP contribution in [0.15, 0.2) is 24.3 Å². The van der Waals surface area contributed by atoms with E-state index in [1.54, 1.807) is 12.1 Å². The molecule has 24 heavy (non-hydrogen) atoms. The molecule has 0 saturated carbocycles. The quantitative estimate of drug-likeness (QED) is 0.694. The maximum atomic E-state index is 10.9. The first-order chi connectivity index (χ1) is 11.7. The fraction of sp³-hybridized carbons (Fsp3) is 0.647. The van der Waals surface area contributed by atoms with E-state index < -0.39 is 6.10 Å². The van der Waals surface area contributed by atoms with Crippen molar-refractivity contribution in [2.45, 2.75) is 37.1 Å². The van der Waals surface area contributed by atoms with Gasteiger partial charge < -0.3 is 29.7 Å². The smallest absolute Gasteiger partial charge is 0.176 e. The summed E-state index contributed by atoms with van der Waals surface area (Å²) in [6, 6.07) is 6.77. The summed E-state index contributed by atoms with van der Waals surface area (Å²) in [5.74, 6) is 0.251. The Bertz CT molecular complexity index is 566. The SMILES string of the molecule is Oc1ccccc1CN[C@@H]1[C@H](O)[C@@H](N2CCOCC2)[C@@H]2OC[C@@H]1O2. The zero-order valence-corrected chi connectivity index (χ0v) is 13.5. The molecule has 7 nitrogen and oxygen atoms in total. The fourth-order valence-electron chi connectivity index (χ4n) is 3.81. The van der Waals surface area contributed by atoms with Gasteiger partial charge >= 0.3 is 0 Å². The standard InChI is InChI=1S/C17H24N2O5/c20-12-4-2-1-3-11(12)9-18-14-13-10-23-17(24-13)15(16(14)21)19-5-7-22-8-6-19/h1-4,13-18,20-21H,5-10H2/t13-,14-,15+,16-,17+/m0/s1. The molecule has 132 valence electrons. The number of morpholine rings is 1. The zero-order chi connectivity index (χ0) is 16.5. The summed E-state index contributed by atoms with van der Waals surface area (Å²) in [4.78, 5) is 2.19. The third-order valence-corrected chi connectivity index (χ3v) is 5.12. The molecule has 3 aliphatic heterocycles. The molecular formula is C17H24N2O5. The molecule has 4 rings (SSSR count). The average molecular weight is 336 g/mol. The molecular weight excluding hydrogens is 312 g/mol. The van der Waals surface area contributed by atoms with E-state index in [-0.39, 0.29) is 30.2 Å². The van der Waals surface area contributed by atoms with Gasteiger partial charge in [0.1, 0.15) is 11.9 Å². The monoisotopic (exact) mass is 336 g/mol. The molecule has 2 bridgehead atoms. The second-order valence-corrected chi connectivity index (χ2v) is 6.54.